The third-order valence-corrected chi connectivity index (χ3v) is 8.41. The summed E-state index contributed by atoms with van der Waals surface area (Å²) in [7, 11) is 0. The number of para-hydroxylation sites is 1. The number of fused-ring (bicyclic) bond motifs is 6. The Balaban J connectivity index is 1.40. The van der Waals surface area contributed by atoms with Crippen molar-refractivity contribution < 1.29 is 4.42 Å². The summed E-state index contributed by atoms with van der Waals surface area (Å²) in [5.74, 6) is 0.630. The molecule has 0 saturated carbocycles. The lowest BCUT2D eigenvalue weighted by Crippen LogP contribution is -2.10. The van der Waals surface area contributed by atoms with Crippen molar-refractivity contribution in [1.29, 1.82) is 0 Å². The van der Waals surface area contributed by atoms with Crippen molar-refractivity contribution in [2.24, 2.45) is 0 Å². The fourth-order valence-electron chi connectivity index (χ4n) is 5.49. The highest BCUT2D eigenvalue weighted by Gasteiger charge is 2.20. The molecular weight excluding hydrogens is 496 g/mol. The first-order valence-electron chi connectivity index (χ1n) is 13.0. The fourth-order valence-corrected chi connectivity index (χ4v) is 6.63. The van der Waals surface area contributed by atoms with Crippen molar-refractivity contribution in [2.75, 3.05) is 4.90 Å². The first kappa shape index (κ1) is 22.1. The molecule has 4 heteroatoms. The molecule has 0 aliphatic carbocycles. The molecule has 8 aromatic rings. The quantitative estimate of drug-likeness (QED) is 0.232. The van der Waals surface area contributed by atoms with Gasteiger partial charge >= 0.3 is 0 Å². The van der Waals surface area contributed by atoms with Crippen LogP contribution in [0.4, 0.5) is 17.1 Å². The van der Waals surface area contributed by atoms with Crippen LogP contribution in [0.25, 0.3) is 53.5 Å². The smallest absolute Gasteiger partial charge is 0.227 e. The molecule has 0 N–H and O–H groups in total. The third kappa shape index (κ3) is 3.61. The molecule has 3 nitrogen and oxygen atoms in total. The van der Waals surface area contributed by atoms with Crippen molar-refractivity contribution in [1.82, 2.24) is 4.98 Å². The van der Waals surface area contributed by atoms with Gasteiger partial charge in [-0.15, -0.1) is 11.3 Å². The third-order valence-electron chi connectivity index (χ3n) is 7.28. The minimum absolute atomic E-state index is 0.630. The highest BCUT2D eigenvalue weighted by atomic mass is 32.1. The van der Waals surface area contributed by atoms with Gasteiger partial charge in [0.2, 0.25) is 5.89 Å². The lowest BCUT2D eigenvalue weighted by molar-refractivity contribution is 0.620. The zero-order valence-corrected chi connectivity index (χ0v) is 21.7. The second-order valence-electron chi connectivity index (χ2n) is 9.62. The molecule has 2 heterocycles. The summed E-state index contributed by atoms with van der Waals surface area (Å²) in [6.45, 7) is 0. The number of benzene rings is 6. The van der Waals surface area contributed by atoms with Crippen molar-refractivity contribution in [3.05, 3.63) is 133 Å². The Labute approximate surface area is 229 Å². The van der Waals surface area contributed by atoms with Crippen molar-refractivity contribution in [3.63, 3.8) is 0 Å². The van der Waals surface area contributed by atoms with Gasteiger partial charge in [0, 0.05) is 42.5 Å². The summed E-state index contributed by atoms with van der Waals surface area (Å²) in [5, 5.41) is 4.79. The zero-order chi connectivity index (χ0) is 25.8. The Morgan fingerprint density at radius 2 is 1.36 bits per heavy atom. The molecule has 8 rings (SSSR count). The maximum absolute atomic E-state index is 6.27. The van der Waals surface area contributed by atoms with Crippen LogP contribution in [0.2, 0.25) is 0 Å². The summed E-state index contributed by atoms with van der Waals surface area (Å²) >= 11 is 1.84. The standard InChI is InChI=1S/C35H22N2OS/c1-3-10-24(11-4-1)35-36-34-30(38-35)21-18-23-12-9-16-29(33(23)34)37(25-13-5-2-6-14-25)26-19-20-28-27-15-7-8-17-31(27)39-32(28)22-26/h1-22H. The summed E-state index contributed by atoms with van der Waals surface area (Å²) in [5.41, 5.74) is 5.88. The van der Waals surface area contributed by atoms with E-state index in [1.165, 1.54) is 20.2 Å². The molecule has 0 bridgehead atoms. The highest BCUT2D eigenvalue weighted by molar-refractivity contribution is 7.25. The minimum atomic E-state index is 0.630. The molecular formula is C35H22N2OS. The Morgan fingerprint density at radius 3 is 2.23 bits per heavy atom. The molecule has 39 heavy (non-hydrogen) atoms. The Morgan fingerprint density at radius 1 is 0.590 bits per heavy atom. The van der Waals surface area contributed by atoms with Crippen molar-refractivity contribution in [2.45, 2.75) is 0 Å². The van der Waals surface area contributed by atoms with Crippen LogP contribution >= 0.6 is 11.3 Å². The van der Waals surface area contributed by atoms with Crippen LogP contribution in [0.15, 0.2) is 138 Å². The van der Waals surface area contributed by atoms with Crippen molar-refractivity contribution >= 4 is 70.4 Å². The first-order valence-corrected chi connectivity index (χ1v) is 13.8. The number of hydrogen-bond acceptors (Lipinski definition) is 4. The number of anilines is 3. The van der Waals surface area contributed by atoms with Gasteiger partial charge in [-0.1, -0.05) is 78.9 Å². The van der Waals surface area contributed by atoms with Crippen LogP contribution in [0.1, 0.15) is 0 Å². The van der Waals surface area contributed by atoms with Gasteiger partial charge in [0.25, 0.3) is 0 Å². The number of hydrogen-bond donors (Lipinski definition) is 0. The van der Waals surface area contributed by atoms with E-state index in [1.807, 2.05) is 47.7 Å². The van der Waals surface area contributed by atoms with Crippen LogP contribution < -0.4 is 4.90 Å². The van der Waals surface area contributed by atoms with Gasteiger partial charge in [0.05, 0.1) is 5.69 Å². The van der Waals surface area contributed by atoms with E-state index in [2.05, 4.69) is 102 Å². The fraction of sp³-hybridized carbons (Fsp3) is 0. The second kappa shape index (κ2) is 8.83. The zero-order valence-electron chi connectivity index (χ0n) is 20.9. The lowest BCUT2D eigenvalue weighted by atomic mass is 10.0. The monoisotopic (exact) mass is 518 g/mol. The van der Waals surface area contributed by atoms with E-state index >= 15 is 0 Å². The van der Waals surface area contributed by atoms with E-state index < -0.39 is 0 Å². The van der Waals surface area contributed by atoms with Gasteiger partial charge < -0.3 is 9.32 Å². The van der Waals surface area contributed by atoms with Gasteiger partial charge in [0.1, 0.15) is 5.52 Å². The van der Waals surface area contributed by atoms with Gasteiger partial charge in [-0.05, 0) is 60.0 Å². The molecule has 184 valence electrons. The predicted molar refractivity (Wildman–Crippen MR) is 165 cm³/mol. The SMILES string of the molecule is c1ccc(-c2nc3c(ccc4cccc(N(c5ccccc5)c5ccc6c(c5)sc5ccccc56)c43)o2)cc1. The molecule has 0 unspecified atom stereocenters. The van der Waals surface area contributed by atoms with Crippen LogP contribution in [0, 0.1) is 0 Å². The molecule has 0 radical (unpaired) electrons. The van der Waals surface area contributed by atoms with E-state index in [0.29, 0.717) is 5.89 Å². The molecule has 6 aromatic carbocycles. The Bertz CT molecular complexity index is 2130. The topological polar surface area (TPSA) is 29.3 Å². The largest absolute Gasteiger partial charge is 0.436 e. The maximum Gasteiger partial charge on any atom is 0.227 e. The first-order chi connectivity index (χ1) is 19.3. The molecule has 0 amide bonds. The van der Waals surface area contributed by atoms with E-state index in [-0.39, 0.29) is 0 Å². The van der Waals surface area contributed by atoms with Crippen LogP contribution in [-0.4, -0.2) is 4.98 Å². The van der Waals surface area contributed by atoms with Crippen molar-refractivity contribution in [3.8, 4) is 11.5 Å². The maximum atomic E-state index is 6.27. The molecule has 0 spiro atoms. The molecule has 0 saturated heterocycles. The van der Waals surface area contributed by atoms with Gasteiger partial charge in [-0.25, -0.2) is 4.98 Å². The highest BCUT2D eigenvalue weighted by Crippen LogP contribution is 2.44. The normalized spacial score (nSPS) is 11.6. The van der Waals surface area contributed by atoms with Crippen LogP contribution in [0.5, 0.6) is 0 Å². The van der Waals surface area contributed by atoms with E-state index in [0.717, 1.165) is 44.5 Å². The average molecular weight is 519 g/mol. The summed E-state index contributed by atoms with van der Waals surface area (Å²) in [6, 6.07) is 46.7. The number of rotatable bonds is 4. The average Bonchev–Trinajstić information content (AvgIpc) is 3.60. The van der Waals surface area contributed by atoms with Gasteiger partial charge in [0.15, 0.2) is 5.58 Å². The second-order valence-corrected chi connectivity index (χ2v) is 10.7. The van der Waals surface area contributed by atoms with Gasteiger partial charge in [-0.3, -0.25) is 0 Å². The van der Waals surface area contributed by atoms with Crippen LogP contribution in [-0.2, 0) is 0 Å². The number of thiophene rings is 1. The number of aromatic nitrogens is 1. The minimum Gasteiger partial charge on any atom is -0.436 e. The van der Waals surface area contributed by atoms with E-state index in [4.69, 9.17) is 9.40 Å². The molecule has 0 atom stereocenters. The molecule has 2 aromatic heterocycles. The summed E-state index contributed by atoms with van der Waals surface area (Å²) < 4.78 is 8.85. The number of oxazole rings is 1. The summed E-state index contributed by atoms with van der Waals surface area (Å²) in [4.78, 5) is 7.36. The molecule has 0 aliphatic heterocycles. The van der Waals surface area contributed by atoms with Crippen LogP contribution in [0.3, 0.4) is 0 Å². The number of nitrogens with zero attached hydrogens (tertiary/aromatic N) is 2. The summed E-state index contributed by atoms with van der Waals surface area (Å²) in [6.07, 6.45) is 0. The Hall–Kier alpha value is -4.93. The lowest BCUT2D eigenvalue weighted by Gasteiger charge is -2.27. The Kier molecular flexibility index (Phi) is 5.00. The predicted octanol–water partition coefficient (Wildman–Crippen LogP) is 10.5. The van der Waals surface area contributed by atoms with E-state index in [1.54, 1.807) is 0 Å². The van der Waals surface area contributed by atoms with E-state index in [9.17, 15) is 0 Å². The molecule has 0 fully saturated rings. The van der Waals surface area contributed by atoms with Gasteiger partial charge in [-0.2, -0.15) is 0 Å². The molecule has 0 aliphatic rings.